The van der Waals surface area contributed by atoms with Crippen LogP contribution in [-0.4, -0.2) is 23.9 Å². The first-order chi connectivity index (χ1) is 24.5. The molecule has 0 fully saturated rings. The van der Waals surface area contributed by atoms with E-state index in [1.54, 1.807) is 0 Å². The number of nitrogens with zero attached hydrogens (tertiary/aromatic N) is 1. The molecule has 4 aromatic rings. The van der Waals surface area contributed by atoms with E-state index >= 15 is 0 Å². The predicted octanol–water partition coefficient (Wildman–Crippen LogP) is 12.9. The Labute approximate surface area is 332 Å². The Balaban J connectivity index is 0.000000393. The van der Waals surface area contributed by atoms with Gasteiger partial charge < -0.3 is 9.84 Å². The van der Waals surface area contributed by atoms with Crippen LogP contribution in [0.3, 0.4) is 0 Å². The molecule has 0 atom stereocenters. The molecule has 2 heterocycles. The molecule has 1 aromatic heterocycles. The van der Waals surface area contributed by atoms with Crippen LogP contribution in [0.2, 0.25) is 19.6 Å². The number of rotatable bonds is 10. The maximum Gasteiger partial charge on any atom is 0.164 e. The molecule has 285 valence electrons. The van der Waals surface area contributed by atoms with Crippen molar-refractivity contribution in [2.75, 3.05) is 0 Å². The monoisotopic (exact) mass is 901 g/mol. The maximum atomic E-state index is 12.0. The molecule has 6 heteroatoms. The number of allylic oxidation sites excluding steroid dienone is 2. The van der Waals surface area contributed by atoms with Crippen LogP contribution in [0.1, 0.15) is 116 Å². The second-order valence-electron chi connectivity index (χ2n) is 18.3. The quantitative estimate of drug-likeness (QED) is 0.0657. The number of ketones is 1. The predicted molar refractivity (Wildman–Crippen MR) is 221 cm³/mol. The molecule has 1 aliphatic heterocycles. The molecule has 4 nitrogen and oxygen atoms in total. The zero-order valence-electron chi connectivity index (χ0n) is 36.3. The number of benzene rings is 3. The number of aromatic nitrogens is 1. The Morgan fingerprint density at radius 3 is 2.12 bits per heavy atom. The van der Waals surface area contributed by atoms with Gasteiger partial charge in [-0.05, 0) is 66.8 Å². The summed E-state index contributed by atoms with van der Waals surface area (Å²) in [5, 5.41) is 14.9. The summed E-state index contributed by atoms with van der Waals surface area (Å²) in [5.41, 5.74) is 3.89. The van der Waals surface area contributed by atoms with Crippen LogP contribution in [0, 0.1) is 28.2 Å². The molecule has 52 heavy (non-hydrogen) atoms. The third-order valence-electron chi connectivity index (χ3n) is 10.5. The van der Waals surface area contributed by atoms with E-state index in [2.05, 4.69) is 103 Å². The average Bonchev–Trinajstić information content (AvgIpc) is 3.05. The molecule has 1 N–H and O–H groups in total. The van der Waals surface area contributed by atoms with Gasteiger partial charge in [-0.2, -0.15) is 0 Å². The van der Waals surface area contributed by atoms with Gasteiger partial charge in [0.15, 0.2) is 5.78 Å². The number of hydrogen-bond acceptors (Lipinski definition) is 4. The molecule has 5 rings (SSSR count). The van der Waals surface area contributed by atoms with Gasteiger partial charge in [-0.1, -0.05) is 141 Å². The number of carbonyl (C=O) groups excluding carboxylic acids is 1. The van der Waals surface area contributed by atoms with Gasteiger partial charge in [-0.15, -0.1) is 17.5 Å². The van der Waals surface area contributed by atoms with Gasteiger partial charge in [0.05, 0.1) is 22.3 Å². The largest absolute Gasteiger partial charge is 0.512 e. The standard InChI is InChI=1S/C32H38NOSi.C14H26O2.Ir/c1-31(2,3)18-20-10-11-24-22(14-20)16-25-29-28-21(12-13-33-29)15-23(35(7,8)9)17-27(28)34-30(25)26(24)19-32(4,5)6;1-6-11(7-2)12(15)10-13(16)14(5,8-3)9-4;/h10-15,17H,18-19H2,1-9H3;10-11,15H,6-9H2,1-5H3;/q-1;;/b;12-10-;/i12D,13D;;. The molecule has 0 amide bonds. The first-order valence-electron chi connectivity index (χ1n) is 20.1. The van der Waals surface area contributed by atoms with Crippen molar-refractivity contribution in [1.82, 2.24) is 4.98 Å². The number of pyridine rings is 1. The van der Waals surface area contributed by atoms with E-state index in [4.69, 9.17) is 7.48 Å². The average molecular weight is 901 g/mol. The fourth-order valence-electron chi connectivity index (χ4n) is 6.82. The van der Waals surface area contributed by atoms with E-state index < -0.39 is 8.07 Å². The molecule has 0 unspecified atom stereocenters. The summed E-state index contributed by atoms with van der Waals surface area (Å²) in [5.74, 6) is 2.00. The Morgan fingerprint density at radius 1 is 0.962 bits per heavy atom. The molecule has 0 saturated heterocycles. The number of hydrogen-bond donors (Lipinski definition) is 1. The van der Waals surface area contributed by atoms with E-state index in [-0.39, 0.29) is 66.0 Å². The van der Waals surface area contributed by atoms with Crippen molar-refractivity contribution in [1.29, 1.82) is 0 Å². The van der Waals surface area contributed by atoms with Crippen molar-refractivity contribution < 1.29 is 37.5 Å². The summed E-state index contributed by atoms with van der Waals surface area (Å²) in [6.45, 7) is 30.5. The molecule has 0 aliphatic carbocycles. The zero-order chi connectivity index (χ0) is 39.8. The van der Waals surface area contributed by atoms with Crippen LogP contribution in [0.15, 0.2) is 54.4 Å². The number of fused-ring (bicyclic) bond motifs is 3. The smallest absolute Gasteiger partial charge is 0.164 e. The third kappa shape index (κ3) is 10.0. The molecule has 0 saturated carbocycles. The van der Waals surface area contributed by atoms with Crippen molar-refractivity contribution >= 4 is 40.6 Å². The minimum atomic E-state index is -1.70. The van der Waals surface area contributed by atoms with E-state index in [0.29, 0.717) is 5.69 Å². The molecule has 1 aliphatic rings. The van der Waals surface area contributed by atoms with E-state index in [0.717, 1.165) is 77.1 Å². The Morgan fingerprint density at radius 2 is 1.58 bits per heavy atom. The van der Waals surface area contributed by atoms with Gasteiger partial charge in [0.25, 0.3) is 0 Å². The summed E-state index contributed by atoms with van der Waals surface area (Å²) >= 11 is 0. The Hall–Kier alpha value is -2.79. The van der Waals surface area contributed by atoms with Gasteiger partial charge in [0.2, 0.25) is 0 Å². The fraction of sp³-hybridized carbons (Fsp3) is 0.522. The van der Waals surface area contributed by atoms with Crippen LogP contribution >= 0.6 is 0 Å². The molecule has 0 bridgehead atoms. The normalized spacial score (nSPS) is 13.9. The topological polar surface area (TPSA) is 59.4 Å². The molecular formula is C46H64IrNO3Si-. The number of aliphatic hydroxyl groups excluding tert-OH is 1. The molecule has 1 radical (unpaired) electrons. The molecular weight excluding hydrogens is 835 g/mol. The van der Waals surface area contributed by atoms with Crippen molar-refractivity contribution in [2.45, 2.75) is 134 Å². The summed E-state index contributed by atoms with van der Waals surface area (Å²) in [7, 11) is -1.70. The first-order valence-corrected chi connectivity index (χ1v) is 22.6. The van der Waals surface area contributed by atoms with Crippen molar-refractivity contribution in [3.8, 4) is 22.8 Å². The number of carbonyl (C=O) groups is 1. The van der Waals surface area contributed by atoms with Crippen LogP contribution in [0.4, 0.5) is 0 Å². The Kier molecular flexibility index (Phi) is 13.0. The zero-order valence-corrected chi connectivity index (χ0v) is 37.7. The summed E-state index contributed by atoms with van der Waals surface area (Å²) < 4.78 is 24.0. The third-order valence-corrected chi connectivity index (χ3v) is 12.5. The first kappa shape index (κ1) is 40.4. The second-order valence-corrected chi connectivity index (χ2v) is 23.4. The van der Waals surface area contributed by atoms with Crippen LogP contribution < -0.4 is 9.92 Å². The molecule has 0 spiro atoms. The van der Waals surface area contributed by atoms with Gasteiger partial charge in [-0.3, -0.25) is 9.78 Å². The minimum Gasteiger partial charge on any atom is -0.512 e. The van der Waals surface area contributed by atoms with E-state index in [1.807, 2.05) is 34.6 Å². The summed E-state index contributed by atoms with van der Waals surface area (Å²) in [6, 6.07) is 14.8. The van der Waals surface area contributed by atoms with Gasteiger partial charge >= 0.3 is 0 Å². The molecule has 3 aromatic carbocycles. The van der Waals surface area contributed by atoms with E-state index in [1.165, 1.54) is 22.4 Å². The fourth-order valence-corrected chi connectivity index (χ4v) is 7.97. The van der Waals surface area contributed by atoms with Crippen LogP contribution in [0.25, 0.3) is 32.8 Å². The van der Waals surface area contributed by atoms with Gasteiger partial charge in [0.1, 0.15) is 5.75 Å². The maximum absolute atomic E-state index is 12.0. The van der Waals surface area contributed by atoms with Crippen LogP contribution in [-0.2, 0) is 37.7 Å². The van der Waals surface area contributed by atoms with Gasteiger partial charge in [-0.25, -0.2) is 0 Å². The second kappa shape index (κ2) is 16.7. The summed E-state index contributed by atoms with van der Waals surface area (Å²) in [4.78, 5) is 16.7. The number of aliphatic hydroxyl groups is 1. The minimum absolute atomic E-state index is 0. The Bertz CT molecular complexity index is 2030. The van der Waals surface area contributed by atoms with Crippen molar-refractivity contribution in [3.63, 3.8) is 0 Å². The summed E-state index contributed by atoms with van der Waals surface area (Å²) in [6.07, 6.45) is 6.65. The van der Waals surface area contributed by atoms with Crippen LogP contribution in [0.5, 0.6) is 11.5 Å². The van der Waals surface area contributed by atoms with E-state index in [9.17, 15) is 9.90 Å². The SMILES string of the molecule is CCC(CC)/C(O)=C/C(=O)C(C)(CC)CC.[2H]c1nc2c3c(cc([Si](C)(C)C)cc3c1[2H])Oc1c-2[c-]c2cc(CC(C)(C)C)ccc2c1CC(C)(C)C.[Ir]. The van der Waals surface area contributed by atoms with Crippen molar-refractivity contribution in [3.05, 3.63) is 71.6 Å². The number of ether oxygens (including phenoxy) is 1. The van der Waals surface area contributed by atoms with Crippen molar-refractivity contribution in [2.24, 2.45) is 22.2 Å². The van der Waals surface area contributed by atoms with Gasteiger partial charge in [0, 0.05) is 54.8 Å².